The summed E-state index contributed by atoms with van der Waals surface area (Å²) < 4.78 is 18.4. The zero-order valence-corrected chi connectivity index (χ0v) is 13.9. The molecule has 0 spiro atoms. The molecule has 24 heavy (non-hydrogen) atoms. The molecular weight excluding hydrogens is 337 g/mol. The van der Waals surface area contributed by atoms with Crippen molar-refractivity contribution in [1.29, 1.82) is 0 Å². The van der Waals surface area contributed by atoms with Gasteiger partial charge in [-0.15, -0.1) is 0 Å². The number of hydrogen-bond donors (Lipinski definition) is 1. The summed E-state index contributed by atoms with van der Waals surface area (Å²) in [4.78, 5) is 11.4. The number of β-amino-alcohol motifs (C(OH)–C–C–N with tert-alkyl or cyclic N) is 1. The molecule has 6 nitrogen and oxygen atoms in total. The Morgan fingerprint density at radius 2 is 2.21 bits per heavy atom. The maximum atomic E-state index is 13.1. The largest absolute Gasteiger partial charge is 0.434 e. The van der Waals surface area contributed by atoms with Crippen molar-refractivity contribution in [2.24, 2.45) is 5.16 Å². The molecule has 2 heterocycles. The molecule has 1 aliphatic rings. The Labute approximate surface area is 143 Å². The topological polar surface area (TPSA) is 71.1 Å². The van der Waals surface area contributed by atoms with Crippen LogP contribution < -0.4 is 0 Å². The average molecular weight is 356 g/mol. The van der Waals surface area contributed by atoms with Gasteiger partial charge in [0, 0.05) is 12.6 Å². The number of oxime groups is 1. The standard InChI is InChI=1S/C16H19ClFN3O3/c17-15(16-19-13-5-4-11(18)8-14(13)24-16)20-23-10-12(22)9-21-6-2-1-3-7-21/h4-5,8,12,22H,1-3,6-7,9-10H2/b20-15-. The second-order valence-corrected chi connectivity index (χ2v) is 6.18. The van der Waals surface area contributed by atoms with Crippen molar-refractivity contribution in [3.8, 4) is 0 Å². The molecule has 1 aromatic carbocycles. The fourth-order valence-electron chi connectivity index (χ4n) is 2.70. The van der Waals surface area contributed by atoms with Crippen LogP contribution >= 0.6 is 11.6 Å². The molecule has 1 fully saturated rings. The normalized spacial score (nSPS) is 18.0. The quantitative estimate of drug-likeness (QED) is 0.637. The van der Waals surface area contributed by atoms with Gasteiger partial charge < -0.3 is 19.3 Å². The van der Waals surface area contributed by atoms with Crippen LogP contribution in [0.15, 0.2) is 27.8 Å². The van der Waals surface area contributed by atoms with Crippen LogP contribution in [-0.2, 0) is 4.84 Å². The fourth-order valence-corrected chi connectivity index (χ4v) is 2.83. The first-order chi connectivity index (χ1) is 11.6. The molecule has 0 bridgehead atoms. The van der Waals surface area contributed by atoms with Crippen LogP contribution in [0, 0.1) is 5.82 Å². The van der Waals surface area contributed by atoms with Crippen molar-refractivity contribution in [1.82, 2.24) is 9.88 Å². The molecule has 0 saturated carbocycles. The van der Waals surface area contributed by atoms with E-state index < -0.39 is 11.9 Å². The van der Waals surface area contributed by atoms with Crippen LogP contribution in [0.2, 0.25) is 0 Å². The first-order valence-corrected chi connectivity index (χ1v) is 8.32. The minimum atomic E-state index is -0.644. The first kappa shape index (κ1) is 17.1. The van der Waals surface area contributed by atoms with E-state index in [1.165, 1.54) is 24.6 Å². The third-order valence-electron chi connectivity index (χ3n) is 3.86. The summed E-state index contributed by atoms with van der Waals surface area (Å²) >= 11 is 5.98. The lowest BCUT2D eigenvalue weighted by molar-refractivity contribution is 0.0160. The number of oxazole rings is 1. The highest BCUT2D eigenvalue weighted by Gasteiger charge is 2.16. The third-order valence-corrected chi connectivity index (χ3v) is 4.09. The second kappa shape index (κ2) is 7.92. The van der Waals surface area contributed by atoms with Crippen molar-refractivity contribution >= 4 is 27.9 Å². The summed E-state index contributed by atoms with van der Waals surface area (Å²) in [6.07, 6.45) is 2.93. The summed E-state index contributed by atoms with van der Waals surface area (Å²) in [6, 6.07) is 4.00. The Morgan fingerprint density at radius 3 is 3.00 bits per heavy atom. The Morgan fingerprint density at radius 1 is 1.42 bits per heavy atom. The lowest BCUT2D eigenvalue weighted by atomic mass is 10.1. The lowest BCUT2D eigenvalue weighted by Gasteiger charge is -2.27. The highest BCUT2D eigenvalue weighted by molar-refractivity contribution is 6.68. The van der Waals surface area contributed by atoms with Crippen molar-refractivity contribution in [2.45, 2.75) is 25.4 Å². The Hall–Kier alpha value is -1.70. The molecule has 1 unspecified atom stereocenters. The minimum absolute atomic E-state index is 0.0293. The number of rotatable bonds is 6. The van der Waals surface area contributed by atoms with Gasteiger partial charge in [-0.3, -0.25) is 0 Å². The smallest absolute Gasteiger partial charge is 0.261 e. The van der Waals surface area contributed by atoms with Gasteiger partial charge in [-0.25, -0.2) is 9.37 Å². The molecule has 130 valence electrons. The van der Waals surface area contributed by atoms with E-state index in [2.05, 4.69) is 15.0 Å². The number of aliphatic hydroxyl groups is 1. The number of likely N-dealkylation sites (tertiary alicyclic amines) is 1. The number of aromatic nitrogens is 1. The van der Waals surface area contributed by atoms with Gasteiger partial charge in [-0.2, -0.15) is 0 Å². The summed E-state index contributed by atoms with van der Waals surface area (Å²) in [5, 5.41) is 13.6. The molecule has 8 heteroatoms. The molecule has 0 radical (unpaired) electrons. The van der Waals surface area contributed by atoms with E-state index in [-0.39, 0.29) is 23.3 Å². The van der Waals surface area contributed by atoms with Gasteiger partial charge in [0.25, 0.3) is 5.89 Å². The zero-order valence-electron chi connectivity index (χ0n) is 13.1. The van der Waals surface area contributed by atoms with Crippen LogP contribution in [0.5, 0.6) is 0 Å². The van der Waals surface area contributed by atoms with Gasteiger partial charge in [0.1, 0.15) is 24.0 Å². The SMILES string of the molecule is OC(CO/N=C(\Cl)c1nc2ccc(F)cc2o1)CN1CCCCC1. The van der Waals surface area contributed by atoms with E-state index in [9.17, 15) is 9.50 Å². The number of piperidine rings is 1. The molecule has 1 N–H and O–H groups in total. The Bertz CT molecular complexity index is 716. The molecule has 3 rings (SSSR count). The van der Waals surface area contributed by atoms with Crippen LogP contribution in [0.4, 0.5) is 4.39 Å². The van der Waals surface area contributed by atoms with E-state index >= 15 is 0 Å². The highest BCUT2D eigenvalue weighted by atomic mass is 35.5. The zero-order chi connectivity index (χ0) is 16.9. The van der Waals surface area contributed by atoms with Gasteiger partial charge in [-0.1, -0.05) is 23.2 Å². The highest BCUT2D eigenvalue weighted by Crippen LogP contribution is 2.18. The van der Waals surface area contributed by atoms with E-state index in [1.807, 2.05) is 0 Å². The second-order valence-electron chi connectivity index (χ2n) is 5.82. The van der Waals surface area contributed by atoms with E-state index in [0.717, 1.165) is 25.9 Å². The van der Waals surface area contributed by atoms with Gasteiger partial charge in [0.2, 0.25) is 5.17 Å². The van der Waals surface area contributed by atoms with Crippen LogP contribution in [-0.4, -0.2) is 52.5 Å². The van der Waals surface area contributed by atoms with Gasteiger partial charge >= 0.3 is 0 Å². The summed E-state index contributed by atoms with van der Waals surface area (Å²) in [5.74, 6) is -0.377. The molecule has 2 aromatic rings. The van der Waals surface area contributed by atoms with Crippen molar-refractivity contribution < 1.29 is 18.8 Å². The molecule has 0 aliphatic carbocycles. The van der Waals surface area contributed by atoms with Gasteiger partial charge in [0.05, 0.1) is 0 Å². The molecule has 0 amide bonds. The Kier molecular flexibility index (Phi) is 5.65. The molecular formula is C16H19ClFN3O3. The monoisotopic (exact) mass is 355 g/mol. The van der Waals surface area contributed by atoms with Gasteiger partial charge in [-0.05, 0) is 38.1 Å². The average Bonchev–Trinajstić information content (AvgIpc) is 2.99. The summed E-state index contributed by atoms with van der Waals surface area (Å²) in [5.41, 5.74) is 0.758. The Balaban J connectivity index is 1.53. The summed E-state index contributed by atoms with van der Waals surface area (Å²) in [6.45, 7) is 2.58. The number of nitrogens with zero attached hydrogens (tertiary/aromatic N) is 3. The predicted octanol–water partition coefficient (Wildman–Crippen LogP) is 2.73. The number of hydrogen-bond acceptors (Lipinski definition) is 6. The van der Waals surface area contributed by atoms with E-state index in [1.54, 1.807) is 0 Å². The van der Waals surface area contributed by atoms with Crippen LogP contribution in [0.3, 0.4) is 0 Å². The third kappa shape index (κ3) is 4.43. The van der Waals surface area contributed by atoms with Crippen molar-refractivity contribution in [2.75, 3.05) is 26.2 Å². The maximum Gasteiger partial charge on any atom is 0.261 e. The summed E-state index contributed by atoms with van der Waals surface area (Å²) in [7, 11) is 0. The van der Waals surface area contributed by atoms with E-state index in [0.29, 0.717) is 12.1 Å². The van der Waals surface area contributed by atoms with Crippen molar-refractivity contribution in [3.63, 3.8) is 0 Å². The molecule has 1 saturated heterocycles. The number of benzene rings is 1. The first-order valence-electron chi connectivity index (χ1n) is 7.94. The molecule has 1 aliphatic heterocycles. The minimum Gasteiger partial charge on any atom is -0.434 e. The number of aliphatic hydroxyl groups excluding tert-OH is 1. The van der Waals surface area contributed by atoms with Gasteiger partial charge in [0.15, 0.2) is 5.58 Å². The maximum absolute atomic E-state index is 13.1. The fraction of sp³-hybridized carbons (Fsp3) is 0.500. The molecule has 1 aromatic heterocycles. The van der Waals surface area contributed by atoms with Crippen LogP contribution in [0.25, 0.3) is 11.1 Å². The van der Waals surface area contributed by atoms with Crippen LogP contribution in [0.1, 0.15) is 25.2 Å². The number of fused-ring (bicyclic) bond motifs is 1. The molecule has 1 atom stereocenters. The van der Waals surface area contributed by atoms with Crippen molar-refractivity contribution in [3.05, 3.63) is 29.9 Å². The number of halogens is 2. The lowest BCUT2D eigenvalue weighted by Crippen LogP contribution is -2.38. The van der Waals surface area contributed by atoms with E-state index in [4.69, 9.17) is 20.9 Å². The predicted molar refractivity (Wildman–Crippen MR) is 88.6 cm³/mol.